The van der Waals surface area contributed by atoms with Gasteiger partial charge in [0.15, 0.2) is 0 Å². The van der Waals surface area contributed by atoms with Crippen molar-refractivity contribution in [2.45, 2.75) is 24.6 Å². The number of rotatable bonds is 2. The highest BCUT2D eigenvalue weighted by Gasteiger charge is 2.24. The average Bonchev–Trinajstić information content (AvgIpc) is 2.65. The van der Waals surface area contributed by atoms with Gasteiger partial charge in [-0.05, 0) is 25.5 Å². The SMILES string of the molecule is CC(c1ccccc1)N1CCC(S)C1. The Kier molecular flexibility index (Phi) is 3.14. The molecule has 0 radical (unpaired) electrons. The molecule has 2 rings (SSSR count). The minimum atomic E-state index is 0.536. The van der Waals surface area contributed by atoms with Gasteiger partial charge in [-0.15, -0.1) is 0 Å². The van der Waals surface area contributed by atoms with Crippen LogP contribution in [0, 0.1) is 0 Å². The second kappa shape index (κ2) is 4.37. The number of nitrogens with zero attached hydrogens (tertiary/aromatic N) is 1. The molecule has 1 fully saturated rings. The average molecular weight is 207 g/mol. The summed E-state index contributed by atoms with van der Waals surface area (Å²) in [6.45, 7) is 4.59. The first kappa shape index (κ1) is 10.1. The van der Waals surface area contributed by atoms with Gasteiger partial charge in [0.2, 0.25) is 0 Å². The van der Waals surface area contributed by atoms with Crippen molar-refractivity contribution in [1.29, 1.82) is 0 Å². The highest BCUT2D eigenvalue weighted by Crippen LogP contribution is 2.25. The van der Waals surface area contributed by atoms with E-state index in [-0.39, 0.29) is 0 Å². The molecule has 1 aromatic rings. The van der Waals surface area contributed by atoms with Crippen molar-refractivity contribution in [2.75, 3.05) is 13.1 Å². The summed E-state index contributed by atoms with van der Waals surface area (Å²) in [5.41, 5.74) is 1.41. The molecule has 1 saturated heterocycles. The van der Waals surface area contributed by atoms with E-state index in [9.17, 15) is 0 Å². The standard InChI is InChI=1S/C12H17NS/c1-10(11-5-3-2-4-6-11)13-8-7-12(14)9-13/h2-6,10,12,14H,7-9H2,1H3. The fourth-order valence-electron chi connectivity index (χ4n) is 2.06. The van der Waals surface area contributed by atoms with Crippen LogP contribution in [0.5, 0.6) is 0 Å². The quantitative estimate of drug-likeness (QED) is 0.730. The Labute approximate surface area is 91.5 Å². The zero-order chi connectivity index (χ0) is 9.97. The third kappa shape index (κ3) is 2.12. The number of hydrogen-bond donors (Lipinski definition) is 1. The first-order valence-corrected chi connectivity index (χ1v) is 5.76. The molecule has 0 aromatic heterocycles. The molecule has 1 aromatic carbocycles. The second-order valence-electron chi connectivity index (χ2n) is 4.02. The van der Waals surface area contributed by atoms with Crippen molar-refractivity contribution in [3.63, 3.8) is 0 Å². The largest absolute Gasteiger partial charge is 0.295 e. The molecule has 1 nitrogen and oxygen atoms in total. The molecule has 1 heterocycles. The summed E-state index contributed by atoms with van der Waals surface area (Å²) in [6, 6.07) is 11.2. The van der Waals surface area contributed by atoms with Gasteiger partial charge in [0.1, 0.15) is 0 Å². The zero-order valence-electron chi connectivity index (χ0n) is 8.56. The Morgan fingerprint density at radius 2 is 2.07 bits per heavy atom. The minimum absolute atomic E-state index is 0.536. The summed E-state index contributed by atoms with van der Waals surface area (Å²) in [4.78, 5) is 2.51. The van der Waals surface area contributed by atoms with Gasteiger partial charge in [0.05, 0.1) is 0 Å². The maximum Gasteiger partial charge on any atom is 0.0320 e. The van der Waals surface area contributed by atoms with E-state index in [0.717, 1.165) is 6.54 Å². The summed E-state index contributed by atoms with van der Waals surface area (Å²) in [7, 11) is 0. The predicted molar refractivity (Wildman–Crippen MR) is 63.8 cm³/mol. The highest BCUT2D eigenvalue weighted by atomic mass is 32.1. The number of hydrogen-bond acceptors (Lipinski definition) is 2. The van der Waals surface area contributed by atoms with E-state index in [4.69, 9.17) is 0 Å². The fraction of sp³-hybridized carbons (Fsp3) is 0.500. The molecule has 14 heavy (non-hydrogen) atoms. The van der Waals surface area contributed by atoms with E-state index >= 15 is 0 Å². The lowest BCUT2D eigenvalue weighted by Gasteiger charge is -2.24. The van der Waals surface area contributed by atoms with Gasteiger partial charge in [-0.1, -0.05) is 30.3 Å². The Morgan fingerprint density at radius 1 is 1.36 bits per heavy atom. The van der Waals surface area contributed by atoms with E-state index in [1.54, 1.807) is 0 Å². The molecule has 0 saturated carbocycles. The Bertz CT molecular complexity index is 286. The Morgan fingerprint density at radius 3 is 2.64 bits per heavy atom. The van der Waals surface area contributed by atoms with E-state index in [2.05, 4.69) is 54.8 Å². The lowest BCUT2D eigenvalue weighted by molar-refractivity contribution is 0.264. The molecule has 2 unspecified atom stereocenters. The second-order valence-corrected chi connectivity index (χ2v) is 4.75. The first-order valence-electron chi connectivity index (χ1n) is 5.24. The summed E-state index contributed by atoms with van der Waals surface area (Å²) < 4.78 is 0. The van der Waals surface area contributed by atoms with Gasteiger partial charge in [-0.3, -0.25) is 4.90 Å². The molecular formula is C12H17NS. The number of likely N-dealkylation sites (tertiary alicyclic amines) is 1. The van der Waals surface area contributed by atoms with Crippen LogP contribution in [0.3, 0.4) is 0 Å². The van der Waals surface area contributed by atoms with Crippen LogP contribution in [0.15, 0.2) is 30.3 Å². The van der Waals surface area contributed by atoms with E-state index in [0.29, 0.717) is 11.3 Å². The molecule has 2 atom stereocenters. The normalized spacial score (nSPS) is 25.1. The lowest BCUT2D eigenvalue weighted by atomic mass is 10.1. The van der Waals surface area contributed by atoms with E-state index in [1.807, 2.05) is 0 Å². The minimum Gasteiger partial charge on any atom is -0.295 e. The van der Waals surface area contributed by atoms with E-state index < -0.39 is 0 Å². The van der Waals surface area contributed by atoms with Crippen LogP contribution >= 0.6 is 12.6 Å². The maximum absolute atomic E-state index is 4.52. The number of thiol groups is 1. The smallest absolute Gasteiger partial charge is 0.0320 e. The molecule has 2 heteroatoms. The zero-order valence-corrected chi connectivity index (χ0v) is 9.45. The highest BCUT2D eigenvalue weighted by molar-refractivity contribution is 7.81. The molecule has 0 spiro atoms. The summed E-state index contributed by atoms with van der Waals surface area (Å²) >= 11 is 4.52. The van der Waals surface area contributed by atoms with Crippen LogP contribution < -0.4 is 0 Å². The third-order valence-electron chi connectivity index (χ3n) is 3.02. The number of benzene rings is 1. The molecule has 0 amide bonds. The van der Waals surface area contributed by atoms with Crippen LogP contribution in [-0.2, 0) is 0 Å². The van der Waals surface area contributed by atoms with Crippen molar-refractivity contribution in [3.05, 3.63) is 35.9 Å². The van der Waals surface area contributed by atoms with Crippen LogP contribution in [-0.4, -0.2) is 23.2 Å². The summed E-state index contributed by atoms with van der Waals surface area (Å²) in [6.07, 6.45) is 1.22. The van der Waals surface area contributed by atoms with Crippen LogP contribution in [0.1, 0.15) is 24.9 Å². The van der Waals surface area contributed by atoms with Crippen LogP contribution in [0.4, 0.5) is 0 Å². The van der Waals surface area contributed by atoms with Gasteiger partial charge in [-0.2, -0.15) is 12.6 Å². The predicted octanol–water partition coefficient (Wildman–Crippen LogP) is 2.75. The monoisotopic (exact) mass is 207 g/mol. The van der Waals surface area contributed by atoms with Crippen molar-refractivity contribution in [3.8, 4) is 0 Å². The molecule has 0 bridgehead atoms. The third-order valence-corrected chi connectivity index (χ3v) is 3.45. The van der Waals surface area contributed by atoms with Gasteiger partial charge in [-0.25, -0.2) is 0 Å². The Balaban J connectivity index is 2.05. The molecule has 0 N–H and O–H groups in total. The van der Waals surface area contributed by atoms with Gasteiger partial charge in [0, 0.05) is 17.8 Å². The fourth-order valence-corrected chi connectivity index (χ4v) is 2.39. The molecule has 76 valence electrons. The van der Waals surface area contributed by atoms with Crippen molar-refractivity contribution in [2.24, 2.45) is 0 Å². The van der Waals surface area contributed by atoms with E-state index in [1.165, 1.54) is 18.5 Å². The van der Waals surface area contributed by atoms with Crippen molar-refractivity contribution < 1.29 is 0 Å². The molecule has 1 aliphatic heterocycles. The topological polar surface area (TPSA) is 3.24 Å². The van der Waals surface area contributed by atoms with Gasteiger partial charge >= 0.3 is 0 Å². The van der Waals surface area contributed by atoms with Crippen LogP contribution in [0.25, 0.3) is 0 Å². The lowest BCUT2D eigenvalue weighted by Crippen LogP contribution is -2.24. The molecule has 1 aliphatic rings. The van der Waals surface area contributed by atoms with Crippen LogP contribution in [0.2, 0.25) is 0 Å². The summed E-state index contributed by atoms with van der Waals surface area (Å²) in [5, 5.41) is 0.571. The van der Waals surface area contributed by atoms with Crippen molar-refractivity contribution in [1.82, 2.24) is 4.90 Å². The summed E-state index contributed by atoms with van der Waals surface area (Å²) in [5.74, 6) is 0. The van der Waals surface area contributed by atoms with Gasteiger partial charge < -0.3 is 0 Å². The molecular weight excluding hydrogens is 190 g/mol. The van der Waals surface area contributed by atoms with Crippen molar-refractivity contribution >= 4 is 12.6 Å². The van der Waals surface area contributed by atoms with Gasteiger partial charge in [0.25, 0.3) is 0 Å². The maximum atomic E-state index is 4.52. The Hall–Kier alpha value is -0.470. The molecule has 0 aliphatic carbocycles. The first-order chi connectivity index (χ1) is 6.77.